The van der Waals surface area contributed by atoms with E-state index in [-0.39, 0.29) is 24.4 Å². The number of carbonyl (C=O) groups excluding carboxylic acids is 1. The molecule has 5 heteroatoms. The molecule has 1 aromatic rings. The molecule has 0 saturated heterocycles. The molecule has 1 aromatic carbocycles. The maximum Gasteiger partial charge on any atom is 0.224 e. The summed E-state index contributed by atoms with van der Waals surface area (Å²) in [6.45, 7) is 4.94. The summed E-state index contributed by atoms with van der Waals surface area (Å²) in [6.07, 6.45) is 0.368. The van der Waals surface area contributed by atoms with Crippen LogP contribution in [0.1, 0.15) is 25.8 Å². The van der Waals surface area contributed by atoms with Crippen molar-refractivity contribution in [1.29, 1.82) is 0 Å². The summed E-state index contributed by atoms with van der Waals surface area (Å²) < 4.78 is 5.54. The van der Waals surface area contributed by atoms with Gasteiger partial charge in [-0.2, -0.15) is 0 Å². The van der Waals surface area contributed by atoms with E-state index in [2.05, 4.69) is 0 Å². The number of para-hydroxylation sites is 1. The third kappa shape index (κ3) is 5.94. The molecule has 19 heavy (non-hydrogen) atoms. The minimum absolute atomic E-state index is 0. The van der Waals surface area contributed by atoms with Crippen molar-refractivity contribution in [1.82, 2.24) is 4.90 Å². The average molecular weight is 287 g/mol. The third-order valence-corrected chi connectivity index (χ3v) is 2.60. The summed E-state index contributed by atoms with van der Waals surface area (Å²) >= 11 is 0. The molecule has 1 atom stereocenters. The highest BCUT2D eigenvalue weighted by atomic mass is 35.5. The van der Waals surface area contributed by atoms with Crippen molar-refractivity contribution in [3.8, 4) is 5.75 Å². The molecule has 0 saturated carbocycles. The summed E-state index contributed by atoms with van der Waals surface area (Å²) in [5, 5.41) is 0. The normalized spacial score (nSPS) is 11.4. The predicted molar refractivity (Wildman–Crippen MR) is 79.6 cm³/mol. The first-order chi connectivity index (χ1) is 8.54. The smallest absolute Gasteiger partial charge is 0.224 e. The molecular weight excluding hydrogens is 264 g/mol. The third-order valence-electron chi connectivity index (χ3n) is 2.60. The molecule has 0 radical (unpaired) electrons. The highest BCUT2D eigenvalue weighted by Gasteiger charge is 2.13. The number of nitrogens with zero attached hydrogens (tertiary/aromatic N) is 1. The second kappa shape index (κ2) is 8.77. The Hall–Kier alpha value is -1.26. The molecule has 0 aliphatic rings. The molecule has 0 aliphatic heterocycles. The lowest BCUT2D eigenvalue weighted by Crippen LogP contribution is -2.31. The maximum absolute atomic E-state index is 11.8. The van der Waals surface area contributed by atoms with Gasteiger partial charge in [0.2, 0.25) is 5.91 Å². The highest BCUT2D eigenvalue weighted by Crippen LogP contribution is 2.19. The van der Waals surface area contributed by atoms with Gasteiger partial charge in [-0.15, -0.1) is 12.4 Å². The van der Waals surface area contributed by atoms with Gasteiger partial charge in [-0.3, -0.25) is 4.79 Å². The number of ether oxygens (including phenoxy) is 1. The van der Waals surface area contributed by atoms with Crippen LogP contribution in [0.3, 0.4) is 0 Å². The van der Waals surface area contributed by atoms with Gasteiger partial charge in [0, 0.05) is 31.6 Å². The molecule has 1 rings (SSSR count). The van der Waals surface area contributed by atoms with Gasteiger partial charge in [0.1, 0.15) is 5.75 Å². The van der Waals surface area contributed by atoms with Gasteiger partial charge in [0.25, 0.3) is 0 Å². The first kappa shape index (κ1) is 17.7. The summed E-state index contributed by atoms with van der Waals surface area (Å²) in [5.74, 6) is 0.886. The average Bonchev–Trinajstić information content (AvgIpc) is 2.31. The van der Waals surface area contributed by atoms with Crippen molar-refractivity contribution in [3.63, 3.8) is 0 Å². The molecule has 2 N–H and O–H groups in total. The van der Waals surface area contributed by atoms with Crippen LogP contribution in [0, 0.1) is 0 Å². The van der Waals surface area contributed by atoms with Crippen LogP contribution in [0.25, 0.3) is 0 Å². The van der Waals surface area contributed by atoms with Crippen LogP contribution in [0.4, 0.5) is 0 Å². The fourth-order valence-corrected chi connectivity index (χ4v) is 1.71. The van der Waals surface area contributed by atoms with E-state index in [1.807, 2.05) is 38.1 Å². The van der Waals surface area contributed by atoms with Crippen LogP contribution in [-0.4, -0.2) is 30.5 Å². The molecule has 0 aromatic heterocycles. The largest absolute Gasteiger partial charge is 0.494 e. The Balaban J connectivity index is 0.00000324. The monoisotopic (exact) mass is 286 g/mol. The van der Waals surface area contributed by atoms with Crippen LogP contribution in [-0.2, 0) is 11.3 Å². The van der Waals surface area contributed by atoms with Gasteiger partial charge >= 0.3 is 0 Å². The fourth-order valence-electron chi connectivity index (χ4n) is 1.71. The fraction of sp³-hybridized carbons (Fsp3) is 0.500. The topological polar surface area (TPSA) is 55.6 Å². The standard InChI is InChI=1S/C14H22N2O2.ClH/c1-4-18-13-8-6-5-7-12(13)10-16(3)14(17)9-11(2)15;/h5-8,11H,4,9-10,15H2,1-3H3;1H. The molecule has 0 spiro atoms. The van der Waals surface area contributed by atoms with E-state index in [1.54, 1.807) is 11.9 Å². The molecule has 108 valence electrons. The molecule has 4 nitrogen and oxygen atoms in total. The van der Waals surface area contributed by atoms with Gasteiger partial charge in [0.15, 0.2) is 0 Å². The van der Waals surface area contributed by atoms with Gasteiger partial charge < -0.3 is 15.4 Å². The highest BCUT2D eigenvalue weighted by molar-refractivity contribution is 5.85. The summed E-state index contributed by atoms with van der Waals surface area (Å²) in [5.41, 5.74) is 6.64. The van der Waals surface area contributed by atoms with Gasteiger partial charge in [-0.25, -0.2) is 0 Å². The Kier molecular flexibility index (Phi) is 8.19. The second-order valence-corrected chi connectivity index (χ2v) is 4.47. The Bertz CT molecular complexity index is 397. The molecule has 1 amide bonds. The zero-order valence-electron chi connectivity index (χ0n) is 11.8. The van der Waals surface area contributed by atoms with Crippen LogP contribution in [0.15, 0.2) is 24.3 Å². The lowest BCUT2D eigenvalue weighted by molar-refractivity contribution is -0.130. The Morgan fingerprint density at radius 2 is 2.05 bits per heavy atom. The summed E-state index contributed by atoms with van der Waals surface area (Å²) in [4.78, 5) is 13.5. The minimum Gasteiger partial charge on any atom is -0.494 e. The SMILES string of the molecule is CCOc1ccccc1CN(C)C(=O)CC(C)N.Cl. The Labute approximate surface area is 121 Å². The van der Waals surface area contributed by atoms with E-state index in [9.17, 15) is 4.79 Å². The number of nitrogens with two attached hydrogens (primary N) is 1. The zero-order chi connectivity index (χ0) is 13.5. The Morgan fingerprint density at radius 3 is 2.63 bits per heavy atom. The van der Waals surface area contributed by atoms with Crippen molar-refractivity contribution in [2.24, 2.45) is 5.73 Å². The maximum atomic E-state index is 11.8. The number of hydrogen-bond acceptors (Lipinski definition) is 3. The summed E-state index contributed by atoms with van der Waals surface area (Å²) in [6, 6.07) is 7.66. The van der Waals surface area contributed by atoms with Gasteiger partial charge in [-0.1, -0.05) is 18.2 Å². The number of halogens is 1. The number of hydrogen-bond donors (Lipinski definition) is 1. The van der Waals surface area contributed by atoms with E-state index in [0.717, 1.165) is 11.3 Å². The molecule has 0 fully saturated rings. The van der Waals surface area contributed by atoms with Crippen molar-refractivity contribution >= 4 is 18.3 Å². The van der Waals surface area contributed by atoms with E-state index >= 15 is 0 Å². The molecule has 0 heterocycles. The number of carbonyl (C=O) groups is 1. The van der Waals surface area contributed by atoms with Crippen LogP contribution < -0.4 is 10.5 Å². The second-order valence-electron chi connectivity index (χ2n) is 4.47. The number of rotatable bonds is 6. The molecule has 0 aliphatic carbocycles. The van der Waals surface area contributed by atoms with Crippen LogP contribution >= 0.6 is 12.4 Å². The lowest BCUT2D eigenvalue weighted by atomic mass is 10.1. The number of amides is 1. The van der Waals surface area contributed by atoms with E-state index in [0.29, 0.717) is 19.6 Å². The van der Waals surface area contributed by atoms with E-state index in [1.165, 1.54) is 0 Å². The first-order valence-electron chi connectivity index (χ1n) is 6.24. The quantitative estimate of drug-likeness (QED) is 0.872. The first-order valence-corrected chi connectivity index (χ1v) is 6.24. The van der Waals surface area contributed by atoms with Crippen LogP contribution in [0.5, 0.6) is 5.75 Å². The minimum atomic E-state index is -0.109. The summed E-state index contributed by atoms with van der Waals surface area (Å²) in [7, 11) is 1.79. The van der Waals surface area contributed by atoms with Crippen molar-refractivity contribution in [3.05, 3.63) is 29.8 Å². The van der Waals surface area contributed by atoms with Gasteiger partial charge in [-0.05, 0) is 19.9 Å². The van der Waals surface area contributed by atoms with E-state index < -0.39 is 0 Å². The molecule has 1 unspecified atom stereocenters. The zero-order valence-corrected chi connectivity index (χ0v) is 12.6. The van der Waals surface area contributed by atoms with Crippen molar-refractivity contribution < 1.29 is 9.53 Å². The van der Waals surface area contributed by atoms with Crippen molar-refractivity contribution in [2.45, 2.75) is 32.9 Å². The Morgan fingerprint density at radius 1 is 1.42 bits per heavy atom. The van der Waals surface area contributed by atoms with E-state index in [4.69, 9.17) is 10.5 Å². The predicted octanol–water partition coefficient (Wildman–Crippen LogP) is 2.20. The van der Waals surface area contributed by atoms with Gasteiger partial charge in [0.05, 0.1) is 6.61 Å². The molecular formula is C14H23ClN2O2. The lowest BCUT2D eigenvalue weighted by Gasteiger charge is -2.20. The molecule has 0 bridgehead atoms. The van der Waals surface area contributed by atoms with Crippen LogP contribution in [0.2, 0.25) is 0 Å². The van der Waals surface area contributed by atoms with Crippen molar-refractivity contribution in [2.75, 3.05) is 13.7 Å². The number of benzene rings is 1.